The van der Waals surface area contributed by atoms with Gasteiger partial charge in [0, 0.05) is 19.8 Å². The van der Waals surface area contributed by atoms with Crippen molar-refractivity contribution < 1.29 is 24.6 Å². The number of aromatic hydroxyl groups is 1. The van der Waals surface area contributed by atoms with Crippen LogP contribution in [0.15, 0.2) is 4.79 Å². The van der Waals surface area contributed by atoms with Gasteiger partial charge in [0.1, 0.15) is 5.41 Å². The molecule has 8 heteroatoms. The molecule has 1 aromatic heterocycles. The molecule has 0 aromatic carbocycles. The highest BCUT2D eigenvalue weighted by Gasteiger charge is 2.50. The molecule has 8 nitrogen and oxygen atoms in total. The molecule has 20 heavy (non-hydrogen) atoms. The second-order valence-electron chi connectivity index (χ2n) is 4.92. The van der Waals surface area contributed by atoms with Crippen molar-refractivity contribution >= 4 is 17.7 Å². The van der Waals surface area contributed by atoms with Crippen molar-refractivity contribution in [1.29, 1.82) is 0 Å². The molecule has 1 atom stereocenters. The molecule has 2 rings (SSSR count). The Morgan fingerprint density at radius 2 is 2.05 bits per heavy atom. The largest absolute Gasteiger partial charge is 0.493 e. The number of Topliss-reactive ketones (excluding diaryl/α,β-unsaturated/α-hetero) is 1. The summed E-state index contributed by atoms with van der Waals surface area (Å²) in [6.07, 6.45) is 0.311. The minimum Gasteiger partial charge on any atom is -0.493 e. The van der Waals surface area contributed by atoms with Crippen molar-refractivity contribution in [2.75, 3.05) is 0 Å². The van der Waals surface area contributed by atoms with Gasteiger partial charge in [-0.3, -0.25) is 19.4 Å². The minimum absolute atomic E-state index is 0.123. The van der Waals surface area contributed by atoms with Crippen LogP contribution in [0.2, 0.25) is 0 Å². The first-order valence-corrected chi connectivity index (χ1v) is 6.10. The molecule has 1 aliphatic carbocycles. The van der Waals surface area contributed by atoms with Crippen LogP contribution in [-0.4, -0.2) is 37.4 Å². The van der Waals surface area contributed by atoms with E-state index >= 15 is 0 Å². The van der Waals surface area contributed by atoms with Gasteiger partial charge in [0.2, 0.25) is 11.8 Å². The van der Waals surface area contributed by atoms with Gasteiger partial charge in [-0.05, 0) is 12.8 Å². The van der Waals surface area contributed by atoms with Crippen LogP contribution in [-0.2, 0) is 16.0 Å². The van der Waals surface area contributed by atoms with E-state index in [2.05, 4.69) is 0 Å². The second kappa shape index (κ2) is 4.62. The maximum Gasteiger partial charge on any atom is 0.335 e. The Kier molecular flexibility index (Phi) is 3.24. The van der Waals surface area contributed by atoms with Gasteiger partial charge < -0.3 is 10.2 Å². The molecule has 0 saturated heterocycles. The van der Waals surface area contributed by atoms with Gasteiger partial charge in [0.25, 0.3) is 0 Å². The molecule has 0 bridgehead atoms. The number of hydrogen-bond donors (Lipinski definition) is 3. The van der Waals surface area contributed by atoms with Crippen molar-refractivity contribution in [3.63, 3.8) is 0 Å². The number of imidazole rings is 1. The molecule has 0 spiro atoms. The number of carbonyl (C=O) groups excluding carboxylic acids is 2. The molecule has 0 aliphatic heterocycles. The van der Waals surface area contributed by atoms with Gasteiger partial charge in [-0.1, -0.05) is 0 Å². The Balaban J connectivity index is 2.53. The van der Waals surface area contributed by atoms with Crippen LogP contribution in [0, 0.1) is 5.41 Å². The van der Waals surface area contributed by atoms with Gasteiger partial charge >= 0.3 is 11.7 Å². The molecule has 1 aliphatic rings. The Morgan fingerprint density at radius 1 is 1.40 bits per heavy atom. The van der Waals surface area contributed by atoms with Gasteiger partial charge in [-0.25, -0.2) is 9.36 Å². The monoisotopic (exact) mass is 282 g/mol. The first-order chi connectivity index (χ1) is 9.29. The number of carboxylic acid groups (broad SMARTS) is 1. The Labute approximate surface area is 113 Å². The number of nitrogens with zero attached hydrogens (tertiary/aromatic N) is 1. The molecule has 1 aromatic rings. The third-order valence-electron chi connectivity index (χ3n) is 3.71. The summed E-state index contributed by atoms with van der Waals surface area (Å²) >= 11 is 0. The highest BCUT2D eigenvalue weighted by Crippen LogP contribution is 2.39. The first-order valence-electron chi connectivity index (χ1n) is 6.10. The molecule has 0 amide bonds. The van der Waals surface area contributed by atoms with E-state index in [-0.39, 0.29) is 25.0 Å². The fourth-order valence-electron chi connectivity index (χ4n) is 2.66. The van der Waals surface area contributed by atoms with E-state index in [1.54, 1.807) is 0 Å². The van der Waals surface area contributed by atoms with Crippen LogP contribution in [0.3, 0.4) is 0 Å². The quantitative estimate of drug-likeness (QED) is 0.664. The molecular weight excluding hydrogens is 268 g/mol. The third kappa shape index (κ3) is 1.93. The summed E-state index contributed by atoms with van der Waals surface area (Å²) in [6.45, 7) is 1.11. The number of rotatable bonds is 3. The SMILES string of the molecule is CC(=O)n1c(CC2(C(=O)O)CCCC2=O)c(O)[nH]c1=O. The highest BCUT2D eigenvalue weighted by molar-refractivity contribution is 6.04. The van der Waals surface area contributed by atoms with E-state index < -0.39 is 34.6 Å². The number of carboxylic acids is 1. The van der Waals surface area contributed by atoms with E-state index in [0.29, 0.717) is 11.0 Å². The lowest BCUT2D eigenvalue weighted by molar-refractivity contribution is -0.153. The smallest absolute Gasteiger partial charge is 0.335 e. The zero-order chi connectivity index (χ0) is 15.1. The van der Waals surface area contributed by atoms with Crippen LogP contribution in [0.25, 0.3) is 0 Å². The third-order valence-corrected chi connectivity index (χ3v) is 3.71. The summed E-state index contributed by atoms with van der Waals surface area (Å²) in [5.74, 6) is -2.99. The first kappa shape index (κ1) is 14.0. The normalized spacial score (nSPS) is 22.1. The van der Waals surface area contributed by atoms with E-state index in [0.717, 1.165) is 6.92 Å². The van der Waals surface area contributed by atoms with E-state index in [1.807, 2.05) is 4.98 Å². The van der Waals surface area contributed by atoms with Gasteiger partial charge in [0.05, 0.1) is 5.69 Å². The van der Waals surface area contributed by atoms with Crippen LogP contribution in [0.1, 0.15) is 36.7 Å². The lowest BCUT2D eigenvalue weighted by Crippen LogP contribution is -2.39. The topological polar surface area (TPSA) is 129 Å². The maximum atomic E-state index is 11.9. The predicted octanol–water partition coefficient (Wildman–Crippen LogP) is -0.0914. The lowest BCUT2D eigenvalue weighted by atomic mass is 9.80. The van der Waals surface area contributed by atoms with Crippen LogP contribution >= 0.6 is 0 Å². The Hall–Kier alpha value is -2.38. The zero-order valence-electron chi connectivity index (χ0n) is 10.8. The number of aliphatic carboxylic acids is 1. The van der Waals surface area contributed by atoms with Gasteiger partial charge in [0.15, 0.2) is 5.78 Å². The number of nitrogens with one attached hydrogen (secondary N) is 1. The number of ketones is 1. The molecule has 1 saturated carbocycles. The molecule has 1 unspecified atom stereocenters. The molecule has 108 valence electrons. The van der Waals surface area contributed by atoms with E-state index in [1.165, 1.54) is 0 Å². The summed E-state index contributed by atoms with van der Waals surface area (Å²) in [7, 11) is 0. The van der Waals surface area contributed by atoms with Crippen LogP contribution in [0.5, 0.6) is 5.88 Å². The van der Waals surface area contributed by atoms with E-state index in [4.69, 9.17) is 0 Å². The molecule has 1 fully saturated rings. The zero-order valence-corrected chi connectivity index (χ0v) is 10.8. The summed E-state index contributed by atoms with van der Waals surface area (Å²) in [4.78, 5) is 48.3. The molecule has 0 radical (unpaired) electrons. The fourth-order valence-corrected chi connectivity index (χ4v) is 2.66. The highest BCUT2D eigenvalue weighted by atomic mass is 16.4. The summed E-state index contributed by atoms with van der Waals surface area (Å²) in [6, 6.07) is 0. The standard InChI is InChI=1S/C12H14N2O6/c1-6(15)14-7(9(17)13-11(14)20)5-12(10(18)19)4-2-3-8(12)16/h17H,2-5H2,1H3,(H,13,20)(H,18,19). The fraction of sp³-hybridized carbons (Fsp3) is 0.500. The van der Waals surface area contributed by atoms with Crippen molar-refractivity contribution in [3.05, 3.63) is 16.2 Å². The number of carbonyl (C=O) groups is 3. The number of hydrogen-bond acceptors (Lipinski definition) is 5. The minimum atomic E-state index is -1.68. The maximum absolute atomic E-state index is 11.9. The van der Waals surface area contributed by atoms with Crippen molar-refractivity contribution in [1.82, 2.24) is 9.55 Å². The van der Waals surface area contributed by atoms with E-state index in [9.17, 15) is 29.4 Å². The van der Waals surface area contributed by atoms with Crippen LogP contribution < -0.4 is 5.69 Å². The predicted molar refractivity (Wildman–Crippen MR) is 65.6 cm³/mol. The number of aromatic amines is 1. The average Bonchev–Trinajstić information content (AvgIpc) is 2.82. The second-order valence-corrected chi connectivity index (χ2v) is 4.92. The van der Waals surface area contributed by atoms with Crippen molar-refractivity contribution in [2.24, 2.45) is 5.41 Å². The Bertz CT molecular complexity index is 655. The summed E-state index contributed by atoms with van der Waals surface area (Å²) < 4.78 is 0.658. The summed E-state index contributed by atoms with van der Waals surface area (Å²) in [5, 5.41) is 19.0. The summed E-state index contributed by atoms with van der Waals surface area (Å²) in [5.41, 5.74) is -2.69. The molecule has 3 N–H and O–H groups in total. The van der Waals surface area contributed by atoms with Gasteiger partial charge in [-0.15, -0.1) is 0 Å². The van der Waals surface area contributed by atoms with Crippen molar-refractivity contribution in [3.8, 4) is 5.88 Å². The molecular formula is C12H14N2O6. The average molecular weight is 282 g/mol. The van der Waals surface area contributed by atoms with Crippen LogP contribution in [0.4, 0.5) is 0 Å². The number of aromatic nitrogens is 2. The lowest BCUT2D eigenvalue weighted by Gasteiger charge is -2.22. The van der Waals surface area contributed by atoms with Crippen molar-refractivity contribution in [2.45, 2.75) is 32.6 Å². The molecule has 1 heterocycles. The van der Waals surface area contributed by atoms with Gasteiger partial charge in [-0.2, -0.15) is 0 Å². The number of H-pyrrole nitrogens is 1. The Morgan fingerprint density at radius 3 is 2.50 bits per heavy atom.